The maximum atomic E-state index is 12.3. The summed E-state index contributed by atoms with van der Waals surface area (Å²) in [5, 5.41) is 0. The number of alkyl halides is 3. The Bertz CT molecular complexity index is 283. The number of hydrogen-bond donors (Lipinski definition) is 1. The van der Waals surface area contributed by atoms with E-state index in [1.807, 2.05) is 0 Å². The summed E-state index contributed by atoms with van der Waals surface area (Å²) in [7, 11) is 0. The number of amides is 1. The molecule has 1 amide bonds. The Labute approximate surface area is 105 Å². The predicted molar refractivity (Wildman–Crippen MR) is 61.9 cm³/mol. The zero-order chi connectivity index (χ0) is 13.8. The first-order valence-corrected chi connectivity index (χ1v) is 6.12. The normalized spacial score (nSPS) is 20.8. The zero-order valence-electron chi connectivity index (χ0n) is 10.5. The summed E-state index contributed by atoms with van der Waals surface area (Å²) in [6, 6.07) is 0. The first-order chi connectivity index (χ1) is 8.35. The lowest BCUT2D eigenvalue weighted by atomic mass is 10.1. The van der Waals surface area contributed by atoms with Crippen molar-refractivity contribution in [2.75, 3.05) is 39.3 Å². The lowest BCUT2D eigenvalue weighted by Crippen LogP contribution is -2.39. The smallest absolute Gasteiger partial charge is 0.341 e. The minimum atomic E-state index is -4.17. The molecule has 1 heterocycles. The maximum absolute atomic E-state index is 12.3. The average Bonchev–Trinajstić information content (AvgIpc) is 2.73. The minimum Gasteiger partial charge on any atom is -0.341 e. The van der Waals surface area contributed by atoms with E-state index in [1.165, 1.54) is 4.90 Å². The van der Waals surface area contributed by atoms with Gasteiger partial charge in [-0.1, -0.05) is 6.92 Å². The number of rotatable bonds is 5. The van der Waals surface area contributed by atoms with Gasteiger partial charge in [0.05, 0.1) is 13.1 Å². The predicted octanol–water partition coefficient (Wildman–Crippen LogP) is 0.678. The lowest BCUT2D eigenvalue weighted by Gasteiger charge is -2.25. The molecule has 18 heavy (non-hydrogen) atoms. The minimum absolute atomic E-state index is 0.0350. The van der Waals surface area contributed by atoms with Crippen molar-refractivity contribution in [3.8, 4) is 0 Å². The number of likely N-dealkylation sites (tertiary alicyclic amines) is 1. The van der Waals surface area contributed by atoms with E-state index in [9.17, 15) is 18.0 Å². The molecule has 0 saturated carbocycles. The molecule has 0 bridgehead atoms. The summed E-state index contributed by atoms with van der Waals surface area (Å²) >= 11 is 0. The van der Waals surface area contributed by atoms with Gasteiger partial charge in [0.1, 0.15) is 0 Å². The van der Waals surface area contributed by atoms with Crippen LogP contribution in [0.4, 0.5) is 13.2 Å². The molecule has 1 atom stereocenters. The Morgan fingerprint density at radius 2 is 2.17 bits per heavy atom. The summed E-state index contributed by atoms with van der Waals surface area (Å²) in [6.07, 6.45) is -3.42. The van der Waals surface area contributed by atoms with Crippen LogP contribution < -0.4 is 5.73 Å². The van der Waals surface area contributed by atoms with Gasteiger partial charge in [0.15, 0.2) is 0 Å². The molecule has 0 radical (unpaired) electrons. The van der Waals surface area contributed by atoms with Crippen LogP contribution in [0.5, 0.6) is 0 Å². The van der Waals surface area contributed by atoms with Gasteiger partial charge in [0.2, 0.25) is 5.91 Å². The number of hydrogen-bond acceptors (Lipinski definition) is 3. The fraction of sp³-hybridized carbons (Fsp3) is 0.909. The quantitative estimate of drug-likeness (QED) is 0.797. The molecule has 4 nitrogen and oxygen atoms in total. The fourth-order valence-corrected chi connectivity index (χ4v) is 2.26. The van der Waals surface area contributed by atoms with Crippen LogP contribution in [0.15, 0.2) is 0 Å². The molecule has 1 unspecified atom stereocenters. The summed E-state index contributed by atoms with van der Waals surface area (Å²) in [5.74, 6) is -0.0147. The summed E-state index contributed by atoms with van der Waals surface area (Å²) < 4.78 is 36.9. The SMILES string of the molecule is CCN(CC1CCN(C(=O)CN)C1)CC(F)(F)F. The Morgan fingerprint density at radius 3 is 2.67 bits per heavy atom. The van der Waals surface area contributed by atoms with Crippen LogP contribution in [0, 0.1) is 5.92 Å². The zero-order valence-corrected chi connectivity index (χ0v) is 10.5. The van der Waals surface area contributed by atoms with Crippen molar-refractivity contribution in [1.82, 2.24) is 9.80 Å². The standard InChI is InChI=1S/C11H20F3N3O/c1-2-16(8-11(12,13)14)6-9-3-4-17(7-9)10(18)5-15/h9H,2-8,15H2,1H3. The molecule has 0 aromatic heterocycles. The van der Waals surface area contributed by atoms with Gasteiger partial charge in [-0.15, -0.1) is 0 Å². The molecule has 0 aliphatic carbocycles. The number of halogens is 3. The van der Waals surface area contributed by atoms with Gasteiger partial charge < -0.3 is 10.6 Å². The molecule has 1 rings (SSSR count). The van der Waals surface area contributed by atoms with Crippen LogP contribution in [0.2, 0.25) is 0 Å². The van der Waals surface area contributed by atoms with E-state index in [-0.39, 0.29) is 18.4 Å². The topological polar surface area (TPSA) is 49.6 Å². The van der Waals surface area contributed by atoms with Crippen LogP contribution in [-0.2, 0) is 4.79 Å². The highest BCUT2D eigenvalue weighted by Crippen LogP contribution is 2.21. The first-order valence-electron chi connectivity index (χ1n) is 6.12. The van der Waals surface area contributed by atoms with Gasteiger partial charge in [0.25, 0.3) is 0 Å². The number of nitrogens with two attached hydrogens (primary N) is 1. The van der Waals surface area contributed by atoms with E-state index in [4.69, 9.17) is 5.73 Å². The van der Waals surface area contributed by atoms with Crippen LogP contribution in [-0.4, -0.2) is 61.2 Å². The molecule has 0 spiro atoms. The second kappa shape index (κ2) is 6.38. The van der Waals surface area contributed by atoms with E-state index >= 15 is 0 Å². The third-order valence-corrected chi connectivity index (χ3v) is 3.18. The van der Waals surface area contributed by atoms with Crippen molar-refractivity contribution in [1.29, 1.82) is 0 Å². The Hall–Kier alpha value is -0.820. The number of nitrogens with zero attached hydrogens (tertiary/aromatic N) is 2. The molecule has 1 saturated heterocycles. The largest absolute Gasteiger partial charge is 0.401 e. The Morgan fingerprint density at radius 1 is 1.50 bits per heavy atom. The molecule has 2 N–H and O–H groups in total. The van der Waals surface area contributed by atoms with Crippen molar-refractivity contribution >= 4 is 5.91 Å². The Balaban J connectivity index is 2.41. The highest BCUT2D eigenvalue weighted by molar-refractivity contribution is 5.78. The third kappa shape index (κ3) is 4.81. The second-order valence-corrected chi connectivity index (χ2v) is 4.64. The van der Waals surface area contributed by atoms with Crippen LogP contribution >= 0.6 is 0 Å². The van der Waals surface area contributed by atoms with Crippen molar-refractivity contribution < 1.29 is 18.0 Å². The molecule has 0 aromatic carbocycles. The van der Waals surface area contributed by atoms with Crippen molar-refractivity contribution in [2.45, 2.75) is 19.5 Å². The van der Waals surface area contributed by atoms with Crippen molar-refractivity contribution in [3.63, 3.8) is 0 Å². The van der Waals surface area contributed by atoms with E-state index in [1.54, 1.807) is 11.8 Å². The number of carbonyl (C=O) groups is 1. The molecular formula is C11H20F3N3O. The van der Waals surface area contributed by atoms with Crippen LogP contribution in [0.25, 0.3) is 0 Å². The fourth-order valence-electron chi connectivity index (χ4n) is 2.26. The second-order valence-electron chi connectivity index (χ2n) is 4.64. The van der Waals surface area contributed by atoms with Gasteiger partial charge in [-0.2, -0.15) is 13.2 Å². The van der Waals surface area contributed by atoms with Gasteiger partial charge in [-0.25, -0.2) is 0 Å². The van der Waals surface area contributed by atoms with Crippen molar-refractivity contribution in [2.24, 2.45) is 11.7 Å². The monoisotopic (exact) mass is 267 g/mol. The van der Waals surface area contributed by atoms with E-state index in [0.29, 0.717) is 26.2 Å². The lowest BCUT2D eigenvalue weighted by molar-refractivity contribution is -0.146. The molecule has 106 valence electrons. The highest BCUT2D eigenvalue weighted by Gasteiger charge is 2.33. The summed E-state index contributed by atoms with van der Waals surface area (Å²) in [4.78, 5) is 14.4. The van der Waals surface area contributed by atoms with Gasteiger partial charge in [0, 0.05) is 19.6 Å². The van der Waals surface area contributed by atoms with E-state index in [0.717, 1.165) is 6.42 Å². The molecular weight excluding hydrogens is 247 g/mol. The van der Waals surface area contributed by atoms with E-state index in [2.05, 4.69) is 0 Å². The van der Waals surface area contributed by atoms with Crippen molar-refractivity contribution in [3.05, 3.63) is 0 Å². The third-order valence-electron chi connectivity index (χ3n) is 3.18. The first kappa shape index (κ1) is 15.2. The molecule has 1 fully saturated rings. The van der Waals surface area contributed by atoms with E-state index < -0.39 is 12.7 Å². The average molecular weight is 267 g/mol. The van der Waals surface area contributed by atoms with Gasteiger partial charge in [-0.05, 0) is 18.9 Å². The highest BCUT2D eigenvalue weighted by atomic mass is 19.4. The molecule has 0 aromatic rings. The van der Waals surface area contributed by atoms with Gasteiger partial charge in [-0.3, -0.25) is 9.69 Å². The number of carbonyl (C=O) groups excluding carboxylic acids is 1. The summed E-state index contributed by atoms with van der Waals surface area (Å²) in [5.41, 5.74) is 5.26. The Kier molecular flexibility index (Phi) is 5.40. The molecule has 1 aliphatic rings. The van der Waals surface area contributed by atoms with Crippen LogP contribution in [0.3, 0.4) is 0 Å². The molecule has 7 heteroatoms. The van der Waals surface area contributed by atoms with Gasteiger partial charge >= 0.3 is 6.18 Å². The maximum Gasteiger partial charge on any atom is 0.401 e. The van der Waals surface area contributed by atoms with Crippen LogP contribution in [0.1, 0.15) is 13.3 Å². The molecule has 1 aliphatic heterocycles. The summed E-state index contributed by atoms with van der Waals surface area (Å²) in [6.45, 7) is 2.65.